The summed E-state index contributed by atoms with van der Waals surface area (Å²) in [7, 11) is 0.909. The van der Waals surface area contributed by atoms with Crippen LogP contribution in [0.4, 0.5) is 0 Å². The maximum Gasteiger partial charge on any atom is 0.307 e. The van der Waals surface area contributed by atoms with Gasteiger partial charge in [0, 0.05) is 2.74 Å². The van der Waals surface area contributed by atoms with E-state index in [2.05, 4.69) is 4.74 Å². The molecule has 0 saturated heterocycles. The summed E-state index contributed by atoms with van der Waals surface area (Å²) in [6.45, 7) is -3.22. The van der Waals surface area contributed by atoms with E-state index in [0.29, 0.717) is 0 Å². The Balaban J connectivity index is 4.59. The molecule has 42 valence electrons. The van der Waals surface area contributed by atoms with E-state index in [1.807, 2.05) is 0 Å². The van der Waals surface area contributed by atoms with Crippen LogP contribution in [0.25, 0.3) is 0 Å². The van der Waals surface area contributed by atoms with E-state index in [4.69, 9.17) is 10.6 Å². The van der Waals surface area contributed by atoms with Crippen molar-refractivity contribution in [2.45, 2.75) is 6.37 Å². The third kappa shape index (κ3) is 3.26. The van der Waals surface area contributed by atoms with Crippen molar-refractivity contribution in [1.29, 1.82) is 0 Å². The molecular weight excluding hydrogens is 96.0 g/mol. The van der Waals surface area contributed by atoms with Gasteiger partial charge in [0.2, 0.25) is 0 Å². The molecule has 0 aliphatic rings. The smallest absolute Gasteiger partial charge is 0.307 e. The lowest BCUT2D eigenvalue weighted by atomic mass is 10.5. The van der Waals surface area contributed by atoms with Gasteiger partial charge in [0.1, 0.15) is 0 Å². The van der Waals surface area contributed by atoms with Crippen molar-refractivity contribution < 1.29 is 20.1 Å². The van der Waals surface area contributed by atoms with Crippen LogP contribution in [0, 0.1) is 0 Å². The van der Waals surface area contributed by atoms with Crippen LogP contribution in [0.1, 0.15) is 11.9 Å². The van der Waals surface area contributed by atoms with Gasteiger partial charge in [-0.2, -0.15) is 0 Å². The predicted octanol–water partition coefficient (Wildman–Crippen LogP) is -0.458. The lowest BCUT2D eigenvalue weighted by Crippen LogP contribution is -2.01. The van der Waals surface area contributed by atoms with Gasteiger partial charge in [-0.3, -0.25) is 4.79 Å². The number of hydrogen-bond donors (Lipinski definition) is 1. The highest BCUT2D eigenvalue weighted by molar-refractivity contribution is 5.69. The Hall–Kier alpha value is -0.570. The van der Waals surface area contributed by atoms with Crippen LogP contribution in [-0.2, 0) is 9.53 Å². The number of rotatable bonds is 2. The summed E-state index contributed by atoms with van der Waals surface area (Å²) in [5.74, 6) is -1.44. The largest absolute Gasteiger partial charge is 0.469 e. The Morgan fingerprint density at radius 1 is 2.14 bits per heavy atom. The van der Waals surface area contributed by atoms with Gasteiger partial charge in [-0.05, 0) is 0 Å². The minimum absolute atomic E-state index is 0.909. The monoisotopic (exact) mass is 108 g/mol. The number of carbonyl (C=O) groups excluding carboxylic acids is 1. The highest BCUT2D eigenvalue weighted by Gasteiger charge is 1.93. The van der Waals surface area contributed by atoms with Crippen LogP contribution < -0.4 is 0 Å². The fourth-order valence-corrected chi connectivity index (χ4v) is 0.0967. The quantitative estimate of drug-likeness (QED) is 0.487. The average molecular weight is 108 g/mol. The zero-order valence-electron chi connectivity index (χ0n) is 7.76. The minimum atomic E-state index is -3.22. The van der Waals surface area contributed by atoms with Crippen LogP contribution in [0.15, 0.2) is 0 Å². The first-order valence-corrected chi connectivity index (χ1v) is 1.54. The summed E-state index contributed by atoms with van der Waals surface area (Å²) in [6.07, 6.45) is -3.03. The van der Waals surface area contributed by atoms with Crippen LogP contribution in [0.2, 0.25) is 0 Å². The molecule has 0 aromatic carbocycles. The topological polar surface area (TPSA) is 46.5 Å². The van der Waals surface area contributed by atoms with Crippen molar-refractivity contribution in [2.24, 2.45) is 0 Å². The van der Waals surface area contributed by atoms with Gasteiger partial charge in [-0.15, -0.1) is 0 Å². The van der Waals surface area contributed by atoms with Crippen molar-refractivity contribution in [3.05, 3.63) is 0 Å². The molecule has 0 saturated carbocycles. The van der Waals surface area contributed by atoms with Gasteiger partial charge >= 0.3 is 5.97 Å². The van der Waals surface area contributed by atoms with Gasteiger partial charge in [-0.1, -0.05) is 0 Å². The molecule has 7 heavy (non-hydrogen) atoms. The maximum atomic E-state index is 10.5. The molecule has 0 aromatic heterocycles. The fourth-order valence-electron chi connectivity index (χ4n) is 0.0967. The van der Waals surface area contributed by atoms with Crippen LogP contribution in [-0.4, -0.2) is 24.7 Å². The van der Waals surface area contributed by atoms with Crippen molar-refractivity contribution >= 4 is 5.97 Å². The van der Waals surface area contributed by atoms with Crippen molar-refractivity contribution in [3.63, 3.8) is 0 Å². The first kappa shape index (κ1) is 2.13. The summed E-state index contributed by atoms with van der Waals surface area (Å²) in [6, 6.07) is 0. The van der Waals surface area contributed by atoms with E-state index in [1.54, 1.807) is 0 Å². The average Bonchev–Trinajstić information content (AvgIpc) is 1.83. The van der Waals surface area contributed by atoms with E-state index in [0.717, 1.165) is 7.11 Å². The summed E-state index contributed by atoms with van der Waals surface area (Å²) in [4.78, 5) is 10.5. The number of carbonyl (C=O) groups is 1. The third-order valence-electron chi connectivity index (χ3n) is 0.343. The molecule has 0 atom stereocenters. The molecule has 0 bridgehead atoms. The number of esters is 1. The zero-order valence-corrected chi connectivity index (χ0v) is 3.76. The normalized spacial score (nSPS) is 20.9. The van der Waals surface area contributed by atoms with Crippen LogP contribution in [0.3, 0.4) is 0 Å². The zero-order chi connectivity index (χ0) is 9.28. The minimum Gasteiger partial charge on any atom is -0.469 e. The molecule has 0 spiro atoms. The van der Waals surface area contributed by atoms with Crippen molar-refractivity contribution in [3.8, 4) is 0 Å². The van der Waals surface area contributed by atoms with E-state index >= 15 is 0 Å². The molecule has 1 N–H and O–H groups in total. The standard InChI is InChI=1S/C4H8O3/c1-7-4(6)2-3-5/h5H,2-3H2,1H3/i2D2,3D2. The fraction of sp³-hybridized carbons (Fsp3) is 0.750. The first-order chi connectivity index (χ1) is 4.73. The Kier molecular flexibility index (Phi) is 1.10. The molecule has 3 heteroatoms. The predicted molar refractivity (Wildman–Crippen MR) is 23.7 cm³/mol. The van der Waals surface area contributed by atoms with Crippen molar-refractivity contribution in [1.82, 2.24) is 0 Å². The summed E-state index contributed by atoms with van der Waals surface area (Å²) >= 11 is 0. The molecule has 0 rings (SSSR count). The number of hydrogen-bond acceptors (Lipinski definition) is 3. The molecule has 0 aromatic rings. The number of ether oxygens (including phenoxy) is 1. The van der Waals surface area contributed by atoms with E-state index in [1.165, 1.54) is 0 Å². The van der Waals surface area contributed by atoms with Gasteiger partial charge in [-0.25, -0.2) is 0 Å². The Bertz CT molecular complexity index is 161. The Morgan fingerprint density at radius 2 is 2.71 bits per heavy atom. The molecule has 0 amide bonds. The Morgan fingerprint density at radius 3 is 2.86 bits per heavy atom. The molecule has 3 nitrogen and oxygen atoms in total. The molecule has 0 aliphatic heterocycles. The van der Waals surface area contributed by atoms with Crippen LogP contribution >= 0.6 is 0 Å². The number of aliphatic hydroxyl groups is 1. The first-order valence-electron chi connectivity index (χ1n) is 3.54. The number of methoxy groups -OCH3 is 1. The van der Waals surface area contributed by atoms with Gasteiger partial charge < -0.3 is 9.84 Å². The van der Waals surface area contributed by atoms with Crippen molar-refractivity contribution in [2.75, 3.05) is 13.7 Å². The molecule has 0 radical (unpaired) electrons. The summed E-state index contributed by atoms with van der Waals surface area (Å²) in [5, 5.41) is 8.50. The van der Waals surface area contributed by atoms with Gasteiger partial charge in [0.05, 0.1) is 22.8 Å². The lowest BCUT2D eigenvalue weighted by molar-refractivity contribution is -0.141. The highest BCUT2D eigenvalue weighted by Crippen LogP contribution is 1.78. The second-order valence-electron chi connectivity index (χ2n) is 0.728. The van der Waals surface area contributed by atoms with E-state index in [-0.39, 0.29) is 0 Å². The maximum absolute atomic E-state index is 10.5. The molecule has 0 heterocycles. The second-order valence-corrected chi connectivity index (χ2v) is 0.728. The van der Waals surface area contributed by atoms with Gasteiger partial charge in [0.15, 0.2) is 0 Å². The van der Waals surface area contributed by atoms with E-state index < -0.39 is 18.9 Å². The van der Waals surface area contributed by atoms with Crippen LogP contribution in [0.5, 0.6) is 0 Å². The second kappa shape index (κ2) is 3.61. The Labute approximate surface area is 47.5 Å². The SMILES string of the molecule is [2H]C([2H])(O)C([2H])([2H])C(=O)OC. The van der Waals surface area contributed by atoms with E-state index in [9.17, 15) is 4.79 Å². The van der Waals surface area contributed by atoms with Gasteiger partial charge in [0.25, 0.3) is 0 Å². The third-order valence-corrected chi connectivity index (χ3v) is 0.343. The lowest BCUT2D eigenvalue weighted by Gasteiger charge is -1.90. The molecule has 0 unspecified atom stereocenters. The molecule has 0 aliphatic carbocycles. The molecular formula is C4H8O3. The molecule has 0 fully saturated rings. The highest BCUT2D eigenvalue weighted by atomic mass is 16.5. The summed E-state index contributed by atoms with van der Waals surface area (Å²) < 4.78 is 30.5. The summed E-state index contributed by atoms with van der Waals surface area (Å²) in [5.41, 5.74) is 0.